The summed E-state index contributed by atoms with van der Waals surface area (Å²) in [5.41, 5.74) is 3.89. The van der Waals surface area contributed by atoms with Gasteiger partial charge < -0.3 is 5.32 Å². The highest BCUT2D eigenvalue weighted by molar-refractivity contribution is 5.47. The molecule has 0 aliphatic carbocycles. The second-order valence-electron chi connectivity index (χ2n) is 3.96. The first-order chi connectivity index (χ1) is 8.19. The second kappa shape index (κ2) is 4.71. The van der Waals surface area contributed by atoms with E-state index in [1.54, 1.807) is 12.1 Å². The van der Waals surface area contributed by atoms with E-state index in [9.17, 15) is 0 Å². The molecule has 0 saturated heterocycles. The topological polar surface area (TPSA) is 53.6 Å². The van der Waals surface area contributed by atoms with Crippen molar-refractivity contribution >= 4 is 5.69 Å². The van der Waals surface area contributed by atoms with Crippen molar-refractivity contribution < 1.29 is 0 Å². The first-order valence-electron chi connectivity index (χ1n) is 5.42. The van der Waals surface area contributed by atoms with Gasteiger partial charge in [0.1, 0.15) is 0 Å². The fourth-order valence-corrected chi connectivity index (χ4v) is 1.68. The third-order valence-corrected chi connectivity index (χ3v) is 2.61. The van der Waals surface area contributed by atoms with Gasteiger partial charge in [-0.2, -0.15) is 10.4 Å². The fourth-order valence-electron chi connectivity index (χ4n) is 1.68. The molecule has 0 atom stereocenters. The molecule has 1 aromatic carbocycles. The first-order valence-corrected chi connectivity index (χ1v) is 5.42. The highest BCUT2D eigenvalue weighted by Crippen LogP contribution is 2.12. The lowest BCUT2D eigenvalue weighted by atomic mass is 10.2. The number of hydrogen-bond donors (Lipinski definition) is 1. The number of aromatic nitrogens is 2. The van der Waals surface area contributed by atoms with Gasteiger partial charge in [0.2, 0.25) is 0 Å². The molecule has 86 valence electrons. The molecular formula is C13H14N4. The molecule has 2 rings (SSSR count). The molecule has 0 radical (unpaired) electrons. The van der Waals surface area contributed by atoms with Crippen molar-refractivity contribution in [1.82, 2.24) is 9.78 Å². The maximum atomic E-state index is 8.69. The Morgan fingerprint density at radius 3 is 2.59 bits per heavy atom. The minimum atomic E-state index is 0.674. The minimum Gasteiger partial charge on any atom is -0.381 e. The predicted molar refractivity (Wildman–Crippen MR) is 66.4 cm³/mol. The van der Waals surface area contributed by atoms with Gasteiger partial charge in [0.05, 0.1) is 17.3 Å². The zero-order valence-electron chi connectivity index (χ0n) is 9.94. The molecule has 4 nitrogen and oxygen atoms in total. The molecule has 0 unspecified atom stereocenters. The zero-order valence-corrected chi connectivity index (χ0v) is 9.94. The van der Waals surface area contributed by atoms with Gasteiger partial charge in [-0.25, -0.2) is 0 Å². The lowest BCUT2D eigenvalue weighted by Gasteiger charge is -2.05. The summed E-state index contributed by atoms with van der Waals surface area (Å²) in [5, 5.41) is 16.3. The van der Waals surface area contributed by atoms with Crippen LogP contribution in [0, 0.1) is 18.3 Å². The van der Waals surface area contributed by atoms with Crippen LogP contribution in [0.1, 0.15) is 16.8 Å². The second-order valence-corrected chi connectivity index (χ2v) is 3.96. The van der Waals surface area contributed by atoms with Gasteiger partial charge >= 0.3 is 0 Å². The average Bonchev–Trinajstić information content (AvgIpc) is 2.66. The van der Waals surface area contributed by atoms with Gasteiger partial charge in [0.25, 0.3) is 0 Å². The van der Waals surface area contributed by atoms with Crippen molar-refractivity contribution in [2.75, 3.05) is 5.32 Å². The summed E-state index contributed by atoms with van der Waals surface area (Å²) in [5.74, 6) is 0. The molecule has 0 aliphatic heterocycles. The van der Waals surface area contributed by atoms with E-state index in [-0.39, 0.29) is 0 Å². The molecule has 0 aliphatic rings. The highest BCUT2D eigenvalue weighted by Gasteiger charge is 2.02. The predicted octanol–water partition coefficient (Wildman–Crippen LogP) is 2.21. The van der Waals surface area contributed by atoms with Crippen LogP contribution in [0.4, 0.5) is 5.69 Å². The van der Waals surface area contributed by atoms with Crippen LogP contribution in [-0.4, -0.2) is 9.78 Å². The van der Waals surface area contributed by atoms with Gasteiger partial charge in [0.15, 0.2) is 0 Å². The third kappa shape index (κ3) is 2.64. The first kappa shape index (κ1) is 11.2. The molecule has 1 N–H and O–H groups in total. The summed E-state index contributed by atoms with van der Waals surface area (Å²) in [7, 11) is 1.91. The van der Waals surface area contributed by atoms with E-state index < -0.39 is 0 Å². The van der Waals surface area contributed by atoms with E-state index in [1.807, 2.05) is 37.0 Å². The molecule has 0 amide bonds. The molecule has 17 heavy (non-hydrogen) atoms. The number of nitrogens with one attached hydrogen (secondary N) is 1. The summed E-state index contributed by atoms with van der Waals surface area (Å²) in [6.07, 6.45) is 2.01. The van der Waals surface area contributed by atoms with Crippen molar-refractivity contribution in [2.24, 2.45) is 7.05 Å². The SMILES string of the molecule is Cc1nn(C)cc1CNc1ccc(C#N)cc1. The third-order valence-electron chi connectivity index (χ3n) is 2.61. The molecule has 0 fully saturated rings. The standard InChI is InChI=1S/C13H14N4/c1-10-12(9-17(2)16-10)8-15-13-5-3-11(7-14)4-6-13/h3-6,9,15H,8H2,1-2H3. The largest absolute Gasteiger partial charge is 0.381 e. The van der Waals surface area contributed by atoms with Crippen LogP contribution in [-0.2, 0) is 13.6 Å². The summed E-state index contributed by atoms with van der Waals surface area (Å²) in [6, 6.07) is 9.52. The highest BCUT2D eigenvalue weighted by atomic mass is 15.2. The Labute approximate surface area is 100 Å². The lowest BCUT2D eigenvalue weighted by molar-refractivity contribution is 0.756. The van der Waals surface area contributed by atoms with Crippen LogP contribution in [0.5, 0.6) is 0 Å². The van der Waals surface area contributed by atoms with Crippen LogP contribution < -0.4 is 5.32 Å². The molecule has 1 aromatic heterocycles. The van der Waals surface area contributed by atoms with Crippen LogP contribution >= 0.6 is 0 Å². The number of benzene rings is 1. The Bertz CT molecular complexity index is 546. The molecule has 2 aromatic rings. The van der Waals surface area contributed by atoms with Crippen molar-refractivity contribution in [3.05, 3.63) is 47.3 Å². The Kier molecular flexibility index (Phi) is 3.10. The normalized spacial score (nSPS) is 9.94. The summed E-state index contributed by atoms with van der Waals surface area (Å²) in [6.45, 7) is 2.74. The Morgan fingerprint density at radius 1 is 1.35 bits per heavy atom. The zero-order chi connectivity index (χ0) is 12.3. The van der Waals surface area contributed by atoms with Crippen molar-refractivity contribution in [1.29, 1.82) is 5.26 Å². The molecule has 1 heterocycles. The number of nitriles is 1. The average molecular weight is 226 g/mol. The number of hydrogen-bond acceptors (Lipinski definition) is 3. The van der Waals surface area contributed by atoms with Crippen molar-refractivity contribution in [2.45, 2.75) is 13.5 Å². The maximum absolute atomic E-state index is 8.69. The molecule has 0 bridgehead atoms. The van der Waals surface area contributed by atoms with Crippen LogP contribution in [0.15, 0.2) is 30.5 Å². The maximum Gasteiger partial charge on any atom is 0.0991 e. The van der Waals surface area contributed by atoms with Gasteiger partial charge in [-0.3, -0.25) is 4.68 Å². The quantitative estimate of drug-likeness (QED) is 0.873. The number of nitrogens with zero attached hydrogens (tertiary/aromatic N) is 3. The lowest BCUT2D eigenvalue weighted by Crippen LogP contribution is -1.99. The summed E-state index contributed by atoms with van der Waals surface area (Å²) in [4.78, 5) is 0. The van der Waals surface area contributed by atoms with Gasteiger partial charge in [-0.1, -0.05) is 0 Å². The monoisotopic (exact) mass is 226 g/mol. The van der Waals surface area contributed by atoms with Crippen LogP contribution in [0.25, 0.3) is 0 Å². The number of rotatable bonds is 3. The van der Waals surface area contributed by atoms with Crippen molar-refractivity contribution in [3.8, 4) is 6.07 Å². The van der Waals surface area contributed by atoms with Crippen LogP contribution in [0.2, 0.25) is 0 Å². The van der Waals surface area contributed by atoms with Crippen LogP contribution in [0.3, 0.4) is 0 Å². The number of aryl methyl sites for hydroxylation is 2. The fraction of sp³-hybridized carbons (Fsp3) is 0.231. The smallest absolute Gasteiger partial charge is 0.0991 e. The molecular weight excluding hydrogens is 212 g/mol. The van der Waals surface area contributed by atoms with E-state index in [0.29, 0.717) is 5.56 Å². The van der Waals surface area contributed by atoms with E-state index in [2.05, 4.69) is 16.5 Å². The minimum absolute atomic E-state index is 0.674. The molecule has 4 heteroatoms. The van der Waals surface area contributed by atoms with E-state index in [0.717, 1.165) is 17.9 Å². The summed E-state index contributed by atoms with van der Waals surface area (Å²) >= 11 is 0. The van der Waals surface area contributed by atoms with E-state index in [1.165, 1.54) is 5.56 Å². The van der Waals surface area contributed by atoms with E-state index in [4.69, 9.17) is 5.26 Å². The van der Waals surface area contributed by atoms with Crippen molar-refractivity contribution in [3.63, 3.8) is 0 Å². The Balaban J connectivity index is 2.02. The molecule has 0 spiro atoms. The van der Waals surface area contributed by atoms with Gasteiger partial charge in [-0.05, 0) is 31.2 Å². The van der Waals surface area contributed by atoms with Gasteiger partial charge in [0, 0.05) is 31.0 Å². The molecule has 0 saturated carbocycles. The Morgan fingerprint density at radius 2 is 2.06 bits per heavy atom. The van der Waals surface area contributed by atoms with Gasteiger partial charge in [-0.15, -0.1) is 0 Å². The Hall–Kier alpha value is -2.28. The summed E-state index contributed by atoms with van der Waals surface area (Å²) < 4.78 is 1.81. The van der Waals surface area contributed by atoms with E-state index >= 15 is 0 Å². The number of anilines is 1.